The minimum absolute atomic E-state index is 0.109. The fraction of sp³-hybridized carbons (Fsp3) is 0.156. The van der Waals surface area contributed by atoms with Crippen molar-refractivity contribution < 1.29 is 19.0 Å². The van der Waals surface area contributed by atoms with E-state index in [1.165, 1.54) is 18.4 Å². The molecule has 1 aromatic heterocycles. The lowest BCUT2D eigenvalue weighted by Gasteiger charge is -2.25. The summed E-state index contributed by atoms with van der Waals surface area (Å²) in [6.07, 6.45) is 7.08. The number of methoxy groups -OCH3 is 2. The molecule has 0 aliphatic carbocycles. The molecule has 1 aliphatic rings. The molecule has 0 unspecified atom stereocenters. The first-order valence-electron chi connectivity index (χ1n) is 12.7. The fourth-order valence-electron chi connectivity index (χ4n) is 4.62. The molecule has 0 saturated heterocycles. The summed E-state index contributed by atoms with van der Waals surface area (Å²) in [5, 5.41) is 2.95. The molecule has 3 aromatic carbocycles. The summed E-state index contributed by atoms with van der Waals surface area (Å²) in [5.41, 5.74) is 2.72. The Bertz CT molecular complexity index is 1870. The highest BCUT2D eigenvalue weighted by Crippen LogP contribution is 2.32. The van der Waals surface area contributed by atoms with E-state index in [1.54, 1.807) is 48.9 Å². The van der Waals surface area contributed by atoms with Crippen molar-refractivity contribution in [1.29, 1.82) is 0 Å². The Morgan fingerprint density at radius 1 is 1.07 bits per heavy atom. The van der Waals surface area contributed by atoms with Gasteiger partial charge >= 0.3 is 0 Å². The lowest BCUT2D eigenvalue weighted by atomic mass is 9.95. The molecule has 1 N–H and O–H groups in total. The van der Waals surface area contributed by atoms with Crippen molar-refractivity contribution >= 4 is 29.0 Å². The van der Waals surface area contributed by atoms with Crippen molar-refractivity contribution in [2.45, 2.75) is 13.0 Å². The number of amides is 1. The number of terminal acetylenes is 1. The number of ether oxygens (including phenoxy) is 3. The summed E-state index contributed by atoms with van der Waals surface area (Å²) in [7, 11) is 3.11. The molecule has 0 fully saturated rings. The first kappa shape index (κ1) is 27.5. The van der Waals surface area contributed by atoms with Crippen LogP contribution in [-0.4, -0.2) is 31.3 Å². The molecule has 9 heteroatoms. The van der Waals surface area contributed by atoms with Gasteiger partial charge in [-0.15, -0.1) is 6.42 Å². The molecule has 5 rings (SSSR count). The van der Waals surface area contributed by atoms with Gasteiger partial charge in [0.2, 0.25) is 0 Å². The van der Waals surface area contributed by atoms with Crippen molar-refractivity contribution in [3.05, 3.63) is 115 Å². The fourth-order valence-corrected chi connectivity index (χ4v) is 5.67. The number of allylic oxidation sites excluding steroid dienone is 1. The zero-order valence-electron chi connectivity index (χ0n) is 22.7. The summed E-state index contributed by atoms with van der Waals surface area (Å²) >= 11 is 1.25. The summed E-state index contributed by atoms with van der Waals surface area (Å²) < 4.78 is 18.5. The van der Waals surface area contributed by atoms with Gasteiger partial charge in [-0.3, -0.25) is 14.2 Å². The third-order valence-electron chi connectivity index (χ3n) is 6.50. The molecule has 4 aromatic rings. The number of hydrogen-bond acceptors (Lipinski definition) is 7. The smallest absolute Gasteiger partial charge is 0.271 e. The van der Waals surface area contributed by atoms with E-state index in [-0.39, 0.29) is 18.1 Å². The number of aromatic nitrogens is 1. The lowest BCUT2D eigenvalue weighted by molar-refractivity contribution is -0.113. The van der Waals surface area contributed by atoms with E-state index in [1.807, 2.05) is 48.5 Å². The number of rotatable bonds is 8. The van der Waals surface area contributed by atoms with E-state index in [9.17, 15) is 9.59 Å². The van der Waals surface area contributed by atoms with Crippen LogP contribution in [-0.2, 0) is 4.79 Å². The predicted octanol–water partition coefficient (Wildman–Crippen LogP) is 3.90. The van der Waals surface area contributed by atoms with Crippen molar-refractivity contribution in [2.75, 3.05) is 26.1 Å². The van der Waals surface area contributed by atoms with Gasteiger partial charge in [0, 0.05) is 5.69 Å². The van der Waals surface area contributed by atoms with E-state index in [4.69, 9.17) is 25.6 Å². The van der Waals surface area contributed by atoms with E-state index < -0.39 is 6.04 Å². The third-order valence-corrected chi connectivity index (χ3v) is 7.49. The average Bonchev–Trinajstić information content (AvgIpc) is 3.29. The molecule has 0 bridgehead atoms. The highest BCUT2D eigenvalue weighted by molar-refractivity contribution is 7.07. The van der Waals surface area contributed by atoms with E-state index in [2.05, 4.69) is 11.2 Å². The molecule has 8 nitrogen and oxygen atoms in total. The molecular formula is C32H27N3O5S. The second kappa shape index (κ2) is 12.0. The predicted molar refractivity (Wildman–Crippen MR) is 159 cm³/mol. The maximum atomic E-state index is 14.0. The van der Waals surface area contributed by atoms with Crippen LogP contribution in [0.1, 0.15) is 24.1 Å². The van der Waals surface area contributed by atoms with Gasteiger partial charge in [0.25, 0.3) is 11.5 Å². The SMILES string of the molecule is C#CCOc1ccc(/C=c2\sc3n(c2=O)[C@@H](c2cccc(OC)c2)C(C(=O)Nc2ccccc2)=C(C)N=3)cc1OC. The van der Waals surface area contributed by atoms with Crippen molar-refractivity contribution in [3.63, 3.8) is 0 Å². The summed E-state index contributed by atoms with van der Waals surface area (Å²) in [6, 6.07) is 21.1. The van der Waals surface area contributed by atoms with Crippen LogP contribution >= 0.6 is 11.3 Å². The zero-order chi connectivity index (χ0) is 28.9. The number of thiazole rings is 1. The maximum absolute atomic E-state index is 14.0. The minimum Gasteiger partial charge on any atom is -0.497 e. The Labute approximate surface area is 240 Å². The number of carbonyl (C=O) groups excluding carboxylic acids is 1. The Kier molecular flexibility index (Phi) is 8.04. The van der Waals surface area contributed by atoms with E-state index in [0.29, 0.717) is 43.5 Å². The number of hydrogen-bond donors (Lipinski definition) is 1. The van der Waals surface area contributed by atoms with Crippen LogP contribution in [0.4, 0.5) is 5.69 Å². The first-order valence-corrected chi connectivity index (χ1v) is 13.5. The molecular weight excluding hydrogens is 538 g/mol. The second-order valence-corrected chi connectivity index (χ2v) is 10.1. The van der Waals surface area contributed by atoms with Crippen LogP contribution in [0.25, 0.3) is 6.08 Å². The average molecular weight is 566 g/mol. The molecule has 1 aliphatic heterocycles. The van der Waals surface area contributed by atoms with E-state index in [0.717, 1.165) is 11.1 Å². The number of fused-ring (bicyclic) bond motifs is 1. The highest BCUT2D eigenvalue weighted by Gasteiger charge is 2.32. The Morgan fingerprint density at radius 3 is 2.61 bits per heavy atom. The summed E-state index contributed by atoms with van der Waals surface area (Å²) in [5.74, 6) is 3.70. The molecule has 41 heavy (non-hydrogen) atoms. The van der Waals surface area contributed by atoms with Crippen LogP contribution in [0.5, 0.6) is 17.2 Å². The van der Waals surface area contributed by atoms with Crippen LogP contribution in [0, 0.1) is 12.3 Å². The Morgan fingerprint density at radius 2 is 1.88 bits per heavy atom. The van der Waals surface area contributed by atoms with Gasteiger partial charge in [0.05, 0.1) is 36.1 Å². The van der Waals surface area contributed by atoms with Crippen molar-refractivity contribution in [2.24, 2.45) is 4.99 Å². The molecule has 206 valence electrons. The van der Waals surface area contributed by atoms with Gasteiger partial charge in [-0.2, -0.15) is 0 Å². The van der Waals surface area contributed by atoms with Gasteiger partial charge in [-0.25, -0.2) is 4.99 Å². The number of anilines is 1. The van der Waals surface area contributed by atoms with Gasteiger partial charge in [-0.1, -0.05) is 53.7 Å². The maximum Gasteiger partial charge on any atom is 0.271 e. The molecule has 1 amide bonds. The van der Waals surface area contributed by atoms with Gasteiger partial charge in [0.15, 0.2) is 16.3 Å². The monoisotopic (exact) mass is 565 g/mol. The molecule has 0 radical (unpaired) electrons. The summed E-state index contributed by atoms with van der Waals surface area (Å²) in [6.45, 7) is 1.89. The van der Waals surface area contributed by atoms with Crippen molar-refractivity contribution in [1.82, 2.24) is 4.57 Å². The van der Waals surface area contributed by atoms with Gasteiger partial charge in [-0.05, 0) is 60.5 Å². The quantitative estimate of drug-likeness (QED) is 0.327. The molecule has 0 spiro atoms. The van der Waals surface area contributed by atoms with Gasteiger partial charge < -0.3 is 19.5 Å². The number of carbonyl (C=O) groups is 1. The lowest BCUT2D eigenvalue weighted by Crippen LogP contribution is -2.40. The third kappa shape index (κ3) is 5.64. The number of para-hydroxylation sites is 1. The van der Waals surface area contributed by atoms with Crippen LogP contribution in [0.3, 0.4) is 0 Å². The van der Waals surface area contributed by atoms with Crippen LogP contribution in [0.2, 0.25) is 0 Å². The Balaban J connectivity index is 1.64. The summed E-state index contributed by atoms with van der Waals surface area (Å²) in [4.78, 5) is 32.9. The number of nitrogens with zero attached hydrogens (tertiary/aromatic N) is 2. The van der Waals surface area contributed by atoms with Crippen LogP contribution < -0.4 is 34.4 Å². The number of nitrogens with one attached hydrogen (secondary N) is 1. The minimum atomic E-state index is -0.721. The van der Waals surface area contributed by atoms with Crippen molar-refractivity contribution in [3.8, 4) is 29.6 Å². The zero-order valence-corrected chi connectivity index (χ0v) is 23.5. The normalized spacial score (nSPS) is 14.5. The molecule has 1 atom stereocenters. The van der Waals surface area contributed by atoms with Crippen LogP contribution in [0.15, 0.2) is 93.9 Å². The highest BCUT2D eigenvalue weighted by atomic mass is 32.1. The molecule has 0 saturated carbocycles. The van der Waals surface area contributed by atoms with E-state index >= 15 is 0 Å². The topological polar surface area (TPSA) is 91.2 Å². The Hall–Kier alpha value is -5.07. The molecule has 2 heterocycles. The first-order chi connectivity index (χ1) is 19.9. The second-order valence-electron chi connectivity index (χ2n) is 9.08. The standard InChI is InChI=1S/C32H27N3O5S/c1-5-16-40-25-15-14-21(17-26(25)39-4)18-27-31(37)35-29(22-10-9-13-24(19-22)38-3)28(20(2)33-32(35)41-27)30(36)34-23-11-7-6-8-12-23/h1,6-15,17-19,29H,16H2,2-4H3,(H,34,36)/b27-18-/t29-/m0/s1. The largest absolute Gasteiger partial charge is 0.497 e. The van der Waals surface area contributed by atoms with Gasteiger partial charge in [0.1, 0.15) is 12.4 Å². The number of benzene rings is 3.